The van der Waals surface area contributed by atoms with Crippen LogP contribution >= 0.6 is 0 Å². The van der Waals surface area contributed by atoms with E-state index >= 15 is 0 Å². The van der Waals surface area contributed by atoms with Crippen LogP contribution in [0, 0.1) is 0 Å². The molecular formula is C22H21NO5. The molecule has 3 heterocycles. The Hall–Kier alpha value is -2.99. The zero-order valence-corrected chi connectivity index (χ0v) is 15.7. The van der Waals surface area contributed by atoms with E-state index in [2.05, 4.69) is 4.90 Å². The van der Waals surface area contributed by atoms with E-state index in [4.69, 9.17) is 13.6 Å². The first-order valence-corrected chi connectivity index (χ1v) is 9.56. The number of phenolic OH excluding ortho intramolecular Hbond substituents is 1. The fraction of sp³-hybridized carbons (Fsp3) is 0.318. The van der Waals surface area contributed by atoms with Gasteiger partial charge >= 0.3 is 5.63 Å². The maximum absolute atomic E-state index is 12.8. The molecule has 0 amide bonds. The minimum Gasteiger partial charge on any atom is -0.504 e. The third-order valence-corrected chi connectivity index (χ3v) is 5.61. The van der Waals surface area contributed by atoms with Gasteiger partial charge in [-0.05, 0) is 38.1 Å². The second-order valence-electron chi connectivity index (χ2n) is 7.31. The lowest BCUT2D eigenvalue weighted by molar-refractivity contribution is 0.218. The summed E-state index contributed by atoms with van der Waals surface area (Å²) in [6.45, 7) is 2.46. The topological polar surface area (TPSA) is 76.1 Å². The molecule has 1 saturated heterocycles. The first-order valence-electron chi connectivity index (χ1n) is 9.56. The van der Waals surface area contributed by atoms with Crippen molar-refractivity contribution >= 4 is 32.9 Å². The number of fused-ring (bicyclic) bond motifs is 5. The van der Waals surface area contributed by atoms with Gasteiger partial charge in [0.15, 0.2) is 17.1 Å². The number of furan rings is 1. The van der Waals surface area contributed by atoms with E-state index in [0.717, 1.165) is 31.3 Å². The Morgan fingerprint density at radius 1 is 1.07 bits per heavy atom. The van der Waals surface area contributed by atoms with Gasteiger partial charge < -0.3 is 18.7 Å². The molecule has 0 atom stereocenters. The van der Waals surface area contributed by atoms with Crippen LogP contribution in [-0.4, -0.2) is 30.2 Å². The fourth-order valence-electron chi connectivity index (χ4n) is 4.23. The Labute approximate surface area is 160 Å². The first kappa shape index (κ1) is 17.1. The summed E-state index contributed by atoms with van der Waals surface area (Å²) in [7, 11) is 1.51. The average Bonchev–Trinajstić information content (AvgIpc) is 3.11. The molecule has 0 saturated carbocycles. The number of piperidine rings is 1. The van der Waals surface area contributed by atoms with Gasteiger partial charge in [-0.25, -0.2) is 4.79 Å². The Morgan fingerprint density at radius 3 is 2.64 bits per heavy atom. The molecule has 6 heteroatoms. The molecule has 144 valence electrons. The van der Waals surface area contributed by atoms with Crippen molar-refractivity contribution in [3.05, 3.63) is 46.3 Å². The Kier molecular flexibility index (Phi) is 4.02. The van der Waals surface area contributed by atoms with Crippen LogP contribution in [0.15, 0.2) is 44.0 Å². The molecule has 1 aliphatic rings. The third-order valence-electron chi connectivity index (χ3n) is 5.61. The van der Waals surface area contributed by atoms with Gasteiger partial charge in [0.05, 0.1) is 12.5 Å². The third kappa shape index (κ3) is 2.56. The summed E-state index contributed by atoms with van der Waals surface area (Å²) in [5.41, 5.74) is 1.66. The number of likely N-dealkylation sites (tertiary alicyclic amines) is 1. The molecule has 0 bridgehead atoms. The molecule has 6 nitrogen and oxygen atoms in total. The second kappa shape index (κ2) is 6.56. The molecule has 5 rings (SSSR count). The summed E-state index contributed by atoms with van der Waals surface area (Å²) in [5.74, 6) is 0.392. The normalized spacial score (nSPS) is 15.6. The summed E-state index contributed by atoms with van der Waals surface area (Å²) in [4.78, 5) is 15.1. The molecule has 1 N–H and O–H groups in total. The molecule has 0 radical (unpaired) electrons. The van der Waals surface area contributed by atoms with Crippen molar-refractivity contribution in [1.29, 1.82) is 0 Å². The van der Waals surface area contributed by atoms with E-state index in [1.165, 1.54) is 13.5 Å². The molecule has 2 aromatic heterocycles. The molecule has 2 aromatic carbocycles. The molecular weight excluding hydrogens is 358 g/mol. The van der Waals surface area contributed by atoms with Crippen molar-refractivity contribution in [3.8, 4) is 11.5 Å². The second-order valence-corrected chi connectivity index (χ2v) is 7.31. The molecule has 28 heavy (non-hydrogen) atoms. The number of para-hydroxylation sites is 1. The zero-order chi connectivity index (χ0) is 19.3. The lowest BCUT2D eigenvalue weighted by atomic mass is 10.0. The molecule has 0 spiro atoms. The van der Waals surface area contributed by atoms with E-state index in [0.29, 0.717) is 45.4 Å². The summed E-state index contributed by atoms with van der Waals surface area (Å²) in [6.07, 6.45) is 3.49. The highest BCUT2D eigenvalue weighted by atomic mass is 16.5. The smallest absolute Gasteiger partial charge is 0.348 e. The lowest BCUT2D eigenvalue weighted by Gasteiger charge is -2.27. The van der Waals surface area contributed by atoms with Crippen LogP contribution in [0.25, 0.3) is 32.9 Å². The number of hydrogen-bond donors (Lipinski definition) is 1. The van der Waals surface area contributed by atoms with Gasteiger partial charge in [-0.15, -0.1) is 0 Å². The van der Waals surface area contributed by atoms with Crippen LogP contribution in [0.1, 0.15) is 24.8 Å². The molecule has 1 fully saturated rings. The number of hydrogen-bond acceptors (Lipinski definition) is 6. The van der Waals surface area contributed by atoms with Gasteiger partial charge in [-0.3, -0.25) is 4.90 Å². The first-order chi connectivity index (χ1) is 13.7. The number of methoxy groups -OCH3 is 1. The number of rotatable bonds is 3. The van der Waals surface area contributed by atoms with Crippen molar-refractivity contribution in [2.24, 2.45) is 0 Å². The van der Waals surface area contributed by atoms with Crippen LogP contribution in [-0.2, 0) is 6.54 Å². The number of nitrogens with zero attached hydrogens (tertiary/aromatic N) is 1. The maximum atomic E-state index is 12.8. The van der Waals surface area contributed by atoms with Crippen LogP contribution in [0.5, 0.6) is 11.5 Å². The highest BCUT2D eigenvalue weighted by Gasteiger charge is 2.25. The Morgan fingerprint density at radius 2 is 1.86 bits per heavy atom. The molecule has 1 aliphatic heterocycles. The summed E-state index contributed by atoms with van der Waals surface area (Å²) in [6, 6.07) is 8.94. The largest absolute Gasteiger partial charge is 0.504 e. The van der Waals surface area contributed by atoms with Crippen molar-refractivity contribution in [2.75, 3.05) is 20.2 Å². The van der Waals surface area contributed by atoms with Gasteiger partial charge in [0.2, 0.25) is 0 Å². The SMILES string of the molecule is COc1cc2oc3c4ccccc4oc(=O)c3c2c(CN2CCCCC2)c1O. The van der Waals surface area contributed by atoms with Gasteiger partial charge in [0.25, 0.3) is 0 Å². The minimum absolute atomic E-state index is 0.0517. The Balaban J connectivity index is 1.85. The van der Waals surface area contributed by atoms with E-state index in [1.807, 2.05) is 18.2 Å². The van der Waals surface area contributed by atoms with Crippen molar-refractivity contribution < 1.29 is 18.7 Å². The molecule has 4 aromatic rings. The van der Waals surface area contributed by atoms with Crippen molar-refractivity contribution in [1.82, 2.24) is 4.90 Å². The number of aromatic hydroxyl groups is 1. The van der Waals surface area contributed by atoms with E-state index in [-0.39, 0.29) is 5.75 Å². The molecule has 0 aliphatic carbocycles. The van der Waals surface area contributed by atoms with Crippen LogP contribution in [0.4, 0.5) is 0 Å². The predicted molar refractivity (Wildman–Crippen MR) is 107 cm³/mol. The number of ether oxygens (including phenoxy) is 1. The van der Waals surface area contributed by atoms with E-state index < -0.39 is 5.63 Å². The predicted octanol–water partition coefficient (Wildman–Crippen LogP) is 4.39. The van der Waals surface area contributed by atoms with Gasteiger partial charge in [-0.1, -0.05) is 18.6 Å². The fourth-order valence-corrected chi connectivity index (χ4v) is 4.23. The van der Waals surface area contributed by atoms with Gasteiger partial charge in [-0.2, -0.15) is 0 Å². The van der Waals surface area contributed by atoms with Gasteiger partial charge in [0.1, 0.15) is 16.6 Å². The summed E-state index contributed by atoms with van der Waals surface area (Å²) < 4.78 is 17.0. The van der Waals surface area contributed by atoms with E-state index in [9.17, 15) is 9.90 Å². The molecule has 0 unspecified atom stereocenters. The van der Waals surface area contributed by atoms with E-state index in [1.54, 1.807) is 12.1 Å². The van der Waals surface area contributed by atoms with Crippen molar-refractivity contribution in [2.45, 2.75) is 25.8 Å². The van der Waals surface area contributed by atoms with Crippen molar-refractivity contribution in [3.63, 3.8) is 0 Å². The minimum atomic E-state index is -0.461. The number of benzene rings is 2. The summed E-state index contributed by atoms with van der Waals surface area (Å²) >= 11 is 0. The average molecular weight is 379 g/mol. The highest BCUT2D eigenvalue weighted by Crippen LogP contribution is 2.42. The zero-order valence-electron chi connectivity index (χ0n) is 15.7. The highest BCUT2D eigenvalue weighted by molar-refractivity contribution is 6.14. The maximum Gasteiger partial charge on any atom is 0.348 e. The Bertz CT molecular complexity index is 1250. The standard InChI is InChI=1S/C22H21NO5/c1-26-17-11-16-18(14(20(17)24)12-23-9-5-2-6-10-23)19-21(27-16)13-7-3-4-8-15(13)28-22(19)25/h3-4,7-8,11,24H,2,5-6,9-10,12H2,1H3. The quantitative estimate of drug-likeness (QED) is 0.532. The lowest BCUT2D eigenvalue weighted by Crippen LogP contribution is -2.29. The van der Waals surface area contributed by atoms with Crippen LogP contribution in [0.2, 0.25) is 0 Å². The summed E-state index contributed by atoms with van der Waals surface area (Å²) in [5, 5.41) is 12.6. The van der Waals surface area contributed by atoms with Crippen LogP contribution < -0.4 is 10.4 Å². The monoisotopic (exact) mass is 379 g/mol. The number of phenols is 1. The van der Waals surface area contributed by atoms with Gasteiger partial charge in [0, 0.05) is 23.6 Å². The van der Waals surface area contributed by atoms with Crippen LogP contribution in [0.3, 0.4) is 0 Å².